The maximum absolute atomic E-state index is 15.3. The van der Waals surface area contributed by atoms with Gasteiger partial charge >= 0.3 is 0 Å². The van der Waals surface area contributed by atoms with Crippen LogP contribution < -0.4 is 0 Å². The molecule has 0 radical (unpaired) electrons. The third-order valence-electron chi connectivity index (χ3n) is 6.61. The van der Waals surface area contributed by atoms with E-state index in [1.54, 1.807) is 0 Å². The van der Waals surface area contributed by atoms with Crippen LogP contribution in [0.25, 0.3) is 11.1 Å². The van der Waals surface area contributed by atoms with Crippen LogP contribution in [0.3, 0.4) is 0 Å². The molecule has 0 aliphatic heterocycles. The molecule has 29 heavy (non-hydrogen) atoms. The Labute approximate surface area is 169 Å². The first-order valence-corrected chi connectivity index (χ1v) is 10.6. The molecule has 2 aromatic rings. The third kappa shape index (κ3) is 3.86. The number of unbranched alkanes of at least 4 members (excludes halogenated alkanes) is 1. The van der Waals surface area contributed by atoms with Crippen LogP contribution in [0.2, 0.25) is 0 Å². The highest BCUT2D eigenvalue weighted by Crippen LogP contribution is 2.49. The van der Waals surface area contributed by atoms with E-state index >= 15 is 4.39 Å². The van der Waals surface area contributed by atoms with Crippen LogP contribution in [0.1, 0.15) is 62.5 Å². The fourth-order valence-corrected chi connectivity index (χ4v) is 5.17. The first-order chi connectivity index (χ1) is 14.0. The molecule has 4 heteroatoms. The van der Waals surface area contributed by atoms with Crippen molar-refractivity contribution in [1.82, 2.24) is 0 Å². The summed E-state index contributed by atoms with van der Waals surface area (Å²) in [5, 5.41) is 0. The Hall–Kier alpha value is -2.10. The average molecular weight is 402 g/mol. The number of fused-ring (bicyclic) bond motifs is 3. The van der Waals surface area contributed by atoms with Crippen LogP contribution in [-0.4, -0.2) is 0 Å². The molecule has 0 amide bonds. The summed E-state index contributed by atoms with van der Waals surface area (Å²) in [6, 6.07) is 4.44. The van der Waals surface area contributed by atoms with Gasteiger partial charge in [0.15, 0.2) is 11.6 Å². The Balaban J connectivity index is 1.64. The highest BCUT2D eigenvalue weighted by molar-refractivity contribution is 5.67. The minimum atomic E-state index is -1.10. The molecule has 0 heterocycles. The van der Waals surface area contributed by atoms with Gasteiger partial charge in [-0.3, -0.25) is 0 Å². The van der Waals surface area contributed by atoms with E-state index in [1.165, 1.54) is 12.1 Å². The lowest BCUT2D eigenvalue weighted by molar-refractivity contribution is 0.234. The van der Waals surface area contributed by atoms with Crippen molar-refractivity contribution in [3.05, 3.63) is 70.8 Å². The van der Waals surface area contributed by atoms with Crippen molar-refractivity contribution in [3.8, 4) is 11.1 Å². The summed E-state index contributed by atoms with van der Waals surface area (Å²) in [4.78, 5) is 0. The molecular formula is C25H26F4. The molecular weight excluding hydrogens is 376 g/mol. The second kappa shape index (κ2) is 8.33. The van der Waals surface area contributed by atoms with Crippen molar-refractivity contribution in [2.24, 2.45) is 11.8 Å². The molecule has 0 unspecified atom stereocenters. The van der Waals surface area contributed by atoms with Gasteiger partial charge in [0.2, 0.25) is 0 Å². The van der Waals surface area contributed by atoms with E-state index in [0.29, 0.717) is 23.8 Å². The molecule has 0 spiro atoms. The van der Waals surface area contributed by atoms with Crippen molar-refractivity contribution in [1.29, 1.82) is 0 Å². The molecule has 154 valence electrons. The molecule has 0 nitrogen and oxygen atoms in total. The van der Waals surface area contributed by atoms with Crippen LogP contribution in [0.5, 0.6) is 0 Å². The van der Waals surface area contributed by atoms with Gasteiger partial charge in [-0.15, -0.1) is 0 Å². The Morgan fingerprint density at radius 3 is 2.55 bits per heavy atom. The maximum atomic E-state index is 15.3. The van der Waals surface area contributed by atoms with Gasteiger partial charge in [0.05, 0.1) is 5.56 Å². The molecule has 2 aliphatic rings. The summed E-state index contributed by atoms with van der Waals surface area (Å²) >= 11 is 0. The first kappa shape index (κ1) is 20.2. The van der Waals surface area contributed by atoms with E-state index in [0.717, 1.165) is 56.2 Å². The minimum absolute atomic E-state index is 0.0357. The Morgan fingerprint density at radius 2 is 1.79 bits per heavy atom. The van der Waals surface area contributed by atoms with Crippen molar-refractivity contribution in [2.75, 3.05) is 0 Å². The lowest BCUT2D eigenvalue weighted by Crippen LogP contribution is -2.28. The van der Waals surface area contributed by atoms with Gasteiger partial charge in [-0.05, 0) is 91.2 Å². The van der Waals surface area contributed by atoms with E-state index < -0.39 is 23.3 Å². The normalized spacial score (nSPS) is 23.8. The topological polar surface area (TPSA) is 0 Å². The van der Waals surface area contributed by atoms with Gasteiger partial charge in [0.25, 0.3) is 0 Å². The number of halogens is 4. The lowest BCUT2D eigenvalue weighted by atomic mass is 9.65. The summed E-state index contributed by atoms with van der Waals surface area (Å²) in [6.07, 6.45) is 11.3. The summed E-state index contributed by atoms with van der Waals surface area (Å²) in [5.41, 5.74) is 1.11. The Kier molecular flexibility index (Phi) is 5.80. The molecule has 3 atom stereocenters. The second-order valence-corrected chi connectivity index (χ2v) is 8.44. The highest BCUT2D eigenvalue weighted by atomic mass is 19.2. The second-order valence-electron chi connectivity index (χ2n) is 8.44. The fraction of sp³-hybridized carbons (Fsp3) is 0.440. The predicted molar refractivity (Wildman–Crippen MR) is 108 cm³/mol. The number of rotatable bonds is 4. The average Bonchev–Trinajstić information content (AvgIpc) is 2.70. The molecule has 1 saturated carbocycles. The third-order valence-corrected chi connectivity index (χ3v) is 6.61. The van der Waals surface area contributed by atoms with Crippen LogP contribution in [0.15, 0.2) is 36.4 Å². The van der Waals surface area contributed by atoms with E-state index in [1.807, 2.05) is 0 Å². The van der Waals surface area contributed by atoms with Crippen LogP contribution in [-0.2, 0) is 6.42 Å². The molecule has 0 aromatic heterocycles. The molecule has 1 fully saturated rings. The predicted octanol–water partition coefficient (Wildman–Crippen LogP) is 7.71. The summed E-state index contributed by atoms with van der Waals surface area (Å²) in [6.45, 7) is 2.16. The van der Waals surface area contributed by atoms with Crippen LogP contribution >= 0.6 is 0 Å². The lowest BCUT2D eigenvalue weighted by Gasteiger charge is -2.40. The van der Waals surface area contributed by atoms with E-state index in [2.05, 4.69) is 19.1 Å². The van der Waals surface area contributed by atoms with Crippen LogP contribution in [0, 0.1) is 35.1 Å². The van der Waals surface area contributed by atoms with Gasteiger partial charge < -0.3 is 0 Å². The Bertz CT molecular complexity index is 931. The number of allylic oxidation sites excluding steroid dienone is 2. The highest BCUT2D eigenvalue weighted by Gasteiger charge is 2.37. The standard InChI is InChI=1S/C25H26F4/c1-2-3-4-5-15-6-9-18-16(12-15)7-10-19-20(18)14-23(28)24(25(19)29)17-8-11-21(26)22(27)13-17/h4-5,8,11,13-16,18H,2-3,6-7,9-10,12H2,1H3/b5-4+/t15-,16-,18+/m1/s1. The van der Waals surface area contributed by atoms with Gasteiger partial charge in [-0.2, -0.15) is 0 Å². The zero-order chi connectivity index (χ0) is 20.5. The van der Waals surface area contributed by atoms with Gasteiger partial charge in [0.1, 0.15) is 11.6 Å². The maximum Gasteiger partial charge on any atom is 0.159 e. The summed E-state index contributed by atoms with van der Waals surface area (Å²) < 4.78 is 57.1. The number of hydrogen-bond donors (Lipinski definition) is 0. The van der Waals surface area contributed by atoms with Crippen molar-refractivity contribution >= 4 is 0 Å². The van der Waals surface area contributed by atoms with Crippen molar-refractivity contribution < 1.29 is 17.6 Å². The van der Waals surface area contributed by atoms with E-state index in [9.17, 15) is 13.2 Å². The SMILES string of the molecule is CCC/C=C/[C@@H]1CC[C@@H]2c3cc(F)c(-c4ccc(F)c(F)c4)c(F)c3CC[C@@H]2C1. The van der Waals surface area contributed by atoms with E-state index in [-0.39, 0.29) is 17.0 Å². The molecule has 4 rings (SSSR count). The number of benzene rings is 2. The molecule has 2 aromatic carbocycles. The number of hydrogen-bond acceptors (Lipinski definition) is 0. The fourth-order valence-electron chi connectivity index (χ4n) is 5.17. The first-order valence-electron chi connectivity index (χ1n) is 10.6. The monoisotopic (exact) mass is 402 g/mol. The van der Waals surface area contributed by atoms with Crippen molar-refractivity contribution in [3.63, 3.8) is 0 Å². The molecule has 0 N–H and O–H groups in total. The van der Waals surface area contributed by atoms with Crippen LogP contribution in [0.4, 0.5) is 17.6 Å². The van der Waals surface area contributed by atoms with Gasteiger partial charge in [-0.1, -0.05) is 31.6 Å². The minimum Gasteiger partial charge on any atom is -0.206 e. The van der Waals surface area contributed by atoms with Gasteiger partial charge in [-0.25, -0.2) is 17.6 Å². The smallest absolute Gasteiger partial charge is 0.159 e. The summed E-state index contributed by atoms with van der Waals surface area (Å²) in [7, 11) is 0. The zero-order valence-corrected chi connectivity index (χ0v) is 16.7. The molecule has 2 aliphatic carbocycles. The van der Waals surface area contributed by atoms with Crippen molar-refractivity contribution in [2.45, 2.75) is 57.8 Å². The van der Waals surface area contributed by atoms with Gasteiger partial charge in [0, 0.05) is 0 Å². The van der Waals surface area contributed by atoms with E-state index in [4.69, 9.17) is 0 Å². The molecule has 0 saturated heterocycles. The zero-order valence-electron chi connectivity index (χ0n) is 16.7. The quantitative estimate of drug-likeness (QED) is 0.363. The largest absolute Gasteiger partial charge is 0.206 e. The Morgan fingerprint density at radius 1 is 0.966 bits per heavy atom. The summed E-state index contributed by atoms with van der Waals surface area (Å²) in [5.74, 6) is -2.26. The molecule has 0 bridgehead atoms.